The number of carbonyl (C=O) groups excluding carboxylic acids is 2. The fraction of sp³-hybridized carbons (Fsp3) is 0.429. The zero-order chi connectivity index (χ0) is 14.4. The Balaban J connectivity index is 1.78. The van der Waals surface area contributed by atoms with E-state index < -0.39 is 0 Å². The van der Waals surface area contributed by atoms with Crippen LogP contribution in [-0.4, -0.2) is 62.0 Å². The van der Waals surface area contributed by atoms with Gasteiger partial charge in [-0.25, -0.2) is 0 Å². The zero-order valence-corrected chi connectivity index (χ0v) is 11.5. The maximum atomic E-state index is 12.0. The van der Waals surface area contributed by atoms with Crippen molar-refractivity contribution in [1.29, 1.82) is 0 Å². The molecule has 1 aliphatic rings. The molecule has 6 heteroatoms. The molecule has 1 N–H and O–H groups in total. The van der Waals surface area contributed by atoms with Crippen molar-refractivity contribution in [3.63, 3.8) is 0 Å². The fourth-order valence-corrected chi connectivity index (χ4v) is 2.08. The summed E-state index contributed by atoms with van der Waals surface area (Å²) < 4.78 is 5.07. The van der Waals surface area contributed by atoms with Crippen molar-refractivity contribution in [2.45, 2.75) is 0 Å². The van der Waals surface area contributed by atoms with Crippen LogP contribution in [0.25, 0.3) is 0 Å². The van der Waals surface area contributed by atoms with Crippen LogP contribution >= 0.6 is 0 Å². The summed E-state index contributed by atoms with van der Waals surface area (Å²) in [7, 11) is 1.62. The number of ether oxygens (including phenoxy) is 1. The number of rotatable bonds is 5. The molecule has 0 spiro atoms. The van der Waals surface area contributed by atoms with E-state index in [1.807, 2.05) is 24.3 Å². The van der Waals surface area contributed by atoms with E-state index in [4.69, 9.17) is 4.74 Å². The highest BCUT2D eigenvalue weighted by Crippen LogP contribution is 2.14. The molecule has 1 aliphatic heterocycles. The minimum atomic E-state index is 0.0476. The van der Waals surface area contributed by atoms with Crippen molar-refractivity contribution >= 4 is 18.0 Å². The lowest BCUT2D eigenvalue weighted by atomic mass is 10.3. The molecule has 2 rings (SSSR count). The van der Waals surface area contributed by atoms with Crippen LogP contribution in [0.15, 0.2) is 24.3 Å². The molecule has 0 atom stereocenters. The first-order valence-corrected chi connectivity index (χ1v) is 6.58. The Morgan fingerprint density at radius 3 is 2.45 bits per heavy atom. The van der Waals surface area contributed by atoms with Gasteiger partial charge in [-0.05, 0) is 24.3 Å². The normalized spacial score (nSPS) is 14.8. The molecule has 0 unspecified atom stereocenters. The highest BCUT2D eigenvalue weighted by Gasteiger charge is 2.19. The Hall–Kier alpha value is -2.24. The number of amides is 2. The first kappa shape index (κ1) is 14.2. The van der Waals surface area contributed by atoms with Crippen LogP contribution in [0, 0.1) is 0 Å². The molecule has 0 saturated carbocycles. The van der Waals surface area contributed by atoms with Gasteiger partial charge < -0.3 is 19.9 Å². The van der Waals surface area contributed by atoms with E-state index in [-0.39, 0.29) is 12.5 Å². The van der Waals surface area contributed by atoms with Crippen LogP contribution < -0.4 is 10.1 Å². The summed E-state index contributed by atoms with van der Waals surface area (Å²) >= 11 is 0. The minimum absolute atomic E-state index is 0.0476. The fourth-order valence-electron chi connectivity index (χ4n) is 2.08. The predicted octanol–water partition coefficient (Wildman–Crippen LogP) is 0.408. The Kier molecular flexibility index (Phi) is 4.81. The highest BCUT2D eigenvalue weighted by molar-refractivity contribution is 5.81. The number of hydrogen-bond acceptors (Lipinski definition) is 4. The molecule has 1 aromatic rings. The third-order valence-corrected chi connectivity index (χ3v) is 3.35. The second-order valence-electron chi connectivity index (χ2n) is 4.60. The number of anilines is 1. The molecule has 6 nitrogen and oxygen atoms in total. The third-order valence-electron chi connectivity index (χ3n) is 3.35. The lowest BCUT2D eigenvalue weighted by Gasteiger charge is -2.32. The number of nitrogens with one attached hydrogen (secondary N) is 1. The second-order valence-corrected chi connectivity index (χ2v) is 4.60. The van der Waals surface area contributed by atoms with E-state index in [2.05, 4.69) is 5.32 Å². The van der Waals surface area contributed by atoms with Crippen molar-refractivity contribution in [3.8, 4) is 5.75 Å². The van der Waals surface area contributed by atoms with Gasteiger partial charge in [-0.2, -0.15) is 0 Å². The third kappa shape index (κ3) is 3.63. The van der Waals surface area contributed by atoms with Crippen molar-refractivity contribution in [2.75, 3.05) is 45.2 Å². The molecule has 1 heterocycles. The number of carbonyl (C=O) groups is 2. The summed E-state index contributed by atoms with van der Waals surface area (Å²) in [4.78, 5) is 26.1. The summed E-state index contributed by atoms with van der Waals surface area (Å²) in [5, 5.41) is 3.09. The van der Waals surface area contributed by atoms with Gasteiger partial charge in [0.1, 0.15) is 5.75 Å². The standard InChI is InChI=1S/C14H19N3O3/c1-20-13-4-2-12(3-5-13)15-10-14(19)17-8-6-16(11-18)7-9-17/h2-5,11,15H,6-10H2,1H3. The van der Waals surface area contributed by atoms with Crippen LogP contribution in [0.3, 0.4) is 0 Å². The summed E-state index contributed by atoms with van der Waals surface area (Å²) in [6, 6.07) is 7.43. The molecular formula is C14H19N3O3. The van der Waals surface area contributed by atoms with E-state index >= 15 is 0 Å². The Morgan fingerprint density at radius 2 is 1.90 bits per heavy atom. The van der Waals surface area contributed by atoms with Crippen LogP contribution in [0.5, 0.6) is 5.75 Å². The van der Waals surface area contributed by atoms with Crippen molar-refractivity contribution in [1.82, 2.24) is 9.80 Å². The highest BCUT2D eigenvalue weighted by atomic mass is 16.5. The van der Waals surface area contributed by atoms with Gasteiger partial charge in [0.05, 0.1) is 13.7 Å². The first-order valence-electron chi connectivity index (χ1n) is 6.58. The van der Waals surface area contributed by atoms with E-state index in [0.29, 0.717) is 26.2 Å². The topological polar surface area (TPSA) is 61.9 Å². The van der Waals surface area contributed by atoms with E-state index in [1.54, 1.807) is 16.9 Å². The van der Waals surface area contributed by atoms with E-state index in [0.717, 1.165) is 17.8 Å². The lowest BCUT2D eigenvalue weighted by Crippen LogP contribution is -2.49. The van der Waals surface area contributed by atoms with Gasteiger partial charge in [0, 0.05) is 31.9 Å². The van der Waals surface area contributed by atoms with Crippen LogP contribution in [0.2, 0.25) is 0 Å². The van der Waals surface area contributed by atoms with E-state index in [1.165, 1.54) is 0 Å². The number of hydrogen-bond donors (Lipinski definition) is 1. The maximum Gasteiger partial charge on any atom is 0.241 e. The molecular weight excluding hydrogens is 258 g/mol. The zero-order valence-electron chi connectivity index (χ0n) is 11.5. The SMILES string of the molecule is COc1ccc(NCC(=O)N2CCN(C=O)CC2)cc1. The molecule has 0 aromatic heterocycles. The van der Waals surface area contributed by atoms with Gasteiger partial charge in [-0.15, -0.1) is 0 Å². The Morgan fingerprint density at radius 1 is 1.25 bits per heavy atom. The van der Waals surface area contributed by atoms with Crippen LogP contribution in [-0.2, 0) is 9.59 Å². The van der Waals surface area contributed by atoms with Crippen molar-refractivity contribution in [3.05, 3.63) is 24.3 Å². The second kappa shape index (κ2) is 6.79. The molecule has 1 saturated heterocycles. The number of benzene rings is 1. The average Bonchev–Trinajstić information content (AvgIpc) is 2.53. The monoisotopic (exact) mass is 277 g/mol. The minimum Gasteiger partial charge on any atom is -0.497 e. The largest absolute Gasteiger partial charge is 0.497 e. The van der Waals surface area contributed by atoms with Gasteiger partial charge in [-0.1, -0.05) is 0 Å². The van der Waals surface area contributed by atoms with Crippen LogP contribution in [0.4, 0.5) is 5.69 Å². The number of nitrogens with zero attached hydrogens (tertiary/aromatic N) is 2. The Labute approximate surface area is 118 Å². The molecule has 0 radical (unpaired) electrons. The quantitative estimate of drug-likeness (QED) is 0.792. The molecule has 2 amide bonds. The van der Waals surface area contributed by atoms with Gasteiger partial charge in [0.15, 0.2) is 0 Å². The van der Waals surface area contributed by atoms with Gasteiger partial charge >= 0.3 is 0 Å². The maximum absolute atomic E-state index is 12.0. The molecule has 0 aliphatic carbocycles. The molecule has 1 fully saturated rings. The lowest BCUT2D eigenvalue weighted by molar-refractivity contribution is -0.133. The number of methoxy groups -OCH3 is 1. The predicted molar refractivity (Wildman–Crippen MR) is 75.7 cm³/mol. The van der Waals surface area contributed by atoms with Gasteiger partial charge in [0.2, 0.25) is 12.3 Å². The summed E-state index contributed by atoms with van der Waals surface area (Å²) in [6.45, 7) is 2.67. The van der Waals surface area contributed by atoms with E-state index in [9.17, 15) is 9.59 Å². The molecule has 0 bridgehead atoms. The summed E-state index contributed by atoms with van der Waals surface area (Å²) in [6.07, 6.45) is 0.831. The molecule has 20 heavy (non-hydrogen) atoms. The molecule has 1 aromatic carbocycles. The smallest absolute Gasteiger partial charge is 0.241 e. The Bertz CT molecular complexity index is 453. The van der Waals surface area contributed by atoms with Crippen LogP contribution in [0.1, 0.15) is 0 Å². The summed E-state index contributed by atoms with van der Waals surface area (Å²) in [5.74, 6) is 0.832. The van der Waals surface area contributed by atoms with Gasteiger partial charge in [0.25, 0.3) is 0 Å². The van der Waals surface area contributed by atoms with Crippen molar-refractivity contribution in [2.24, 2.45) is 0 Å². The molecule has 108 valence electrons. The average molecular weight is 277 g/mol. The van der Waals surface area contributed by atoms with Crippen molar-refractivity contribution < 1.29 is 14.3 Å². The number of piperazine rings is 1. The first-order chi connectivity index (χ1) is 9.72. The van der Waals surface area contributed by atoms with Gasteiger partial charge in [-0.3, -0.25) is 9.59 Å². The summed E-state index contributed by atoms with van der Waals surface area (Å²) in [5.41, 5.74) is 0.880.